The van der Waals surface area contributed by atoms with E-state index in [9.17, 15) is 4.79 Å². The number of aromatic nitrogens is 2. The molecule has 0 aliphatic rings. The fraction of sp³-hybridized carbons (Fsp3) is 0.286. The van der Waals surface area contributed by atoms with Crippen molar-refractivity contribution in [3.63, 3.8) is 0 Å². The Balaban J connectivity index is 2.11. The minimum absolute atomic E-state index is 0.00374. The van der Waals surface area contributed by atoms with E-state index in [2.05, 4.69) is 21.0 Å². The molecule has 0 fully saturated rings. The fourth-order valence-corrected chi connectivity index (χ4v) is 2.45. The van der Waals surface area contributed by atoms with Crippen LogP contribution in [0.25, 0.3) is 0 Å². The summed E-state index contributed by atoms with van der Waals surface area (Å²) >= 11 is 3.49. The number of aliphatic carboxylic acids is 1. The topological polar surface area (TPSA) is 58.4 Å². The molecule has 106 valence electrons. The summed E-state index contributed by atoms with van der Waals surface area (Å²) in [5, 5.41) is 13.1. The Morgan fingerprint density at radius 1 is 1.40 bits per heavy atom. The highest BCUT2D eigenvalue weighted by molar-refractivity contribution is 9.10. The maximum absolute atomic E-state index is 11.0. The van der Waals surface area contributed by atoms with Crippen LogP contribution in [-0.2, 0) is 24.9 Å². The third-order valence-electron chi connectivity index (χ3n) is 2.88. The molecule has 0 aliphatic heterocycles. The number of aryl methyl sites for hydroxylation is 1. The van der Waals surface area contributed by atoms with E-state index in [4.69, 9.17) is 5.11 Å². The predicted molar refractivity (Wildman–Crippen MR) is 79.1 cm³/mol. The Hall–Kier alpha value is -1.66. The van der Waals surface area contributed by atoms with Crippen LogP contribution >= 0.6 is 15.9 Å². The first-order chi connectivity index (χ1) is 9.54. The molecule has 0 amide bonds. The van der Waals surface area contributed by atoms with Crippen LogP contribution in [0.4, 0.5) is 0 Å². The van der Waals surface area contributed by atoms with E-state index in [-0.39, 0.29) is 6.54 Å². The summed E-state index contributed by atoms with van der Waals surface area (Å²) in [6, 6.07) is 7.83. The quantitative estimate of drug-likeness (QED) is 0.878. The van der Waals surface area contributed by atoms with Crippen molar-refractivity contribution in [2.75, 3.05) is 6.54 Å². The van der Waals surface area contributed by atoms with Gasteiger partial charge in [0.05, 0.1) is 12.7 Å². The van der Waals surface area contributed by atoms with Crippen molar-refractivity contribution in [2.24, 2.45) is 7.05 Å². The van der Waals surface area contributed by atoms with Crippen LogP contribution in [0.2, 0.25) is 0 Å². The number of halogens is 1. The minimum Gasteiger partial charge on any atom is -0.480 e. The Kier molecular flexibility index (Phi) is 4.92. The highest BCUT2D eigenvalue weighted by Crippen LogP contribution is 2.18. The van der Waals surface area contributed by atoms with Crippen LogP contribution in [0.15, 0.2) is 41.1 Å². The van der Waals surface area contributed by atoms with Gasteiger partial charge in [-0.25, -0.2) is 0 Å². The molecule has 0 radical (unpaired) electrons. The number of carboxylic acid groups (broad SMARTS) is 1. The van der Waals surface area contributed by atoms with E-state index in [1.165, 1.54) is 0 Å². The first-order valence-corrected chi connectivity index (χ1v) is 6.99. The maximum Gasteiger partial charge on any atom is 0.317 e. The number of rotatable bonds is 6. The Labute approximate surface area is 126 Å². The normalized spacial score (nSPS) is 10.9. The largest absolute Gasteiger partial charge is 0.480 e. The number of hydrogen-bond donors (Lipinski definition) is 1. The van der Waals surface area contributed by atoms with E-state index in [0.29, 0.717) is 13.1 Å². The van der Waals surface area contributed by atoms with Crippen molar-refractivity contribution in [3.8, 4) is 0 Å². The standard InChI is InChI=1S/C14H16BrN3O2/c1-17-7-11(6-16-17)8-18(10-14(19)20)9-12-4-2-3-5-13(12)15/h2-7H,8-10H2,1H3,(H,19,20). The summed E-state index contributed by atoms with van der Waals surface area (Å²) in [5.41, 5.74) is 2.07. The minimum atomic E-state index is -0.832. The van der Waals surface area contributed by atoms with Crippen molar-refractivity contribution in [3.05, 3.63) is 52.3 Å². The maximum atomic E-state index is 11.0. The SMILES string of the molecule is Cn1cc(CN(CC(=O)O)Cc2ccccc2Br)cn1. The van der Waals surface area contributed by atoms with Crippen LogP contribution in [0.1, 0.15) is 11.1 Å². The molecule has 5 nitrogen and oxygen atoms in total. The van der Waals surface area contributed by atoms with Gasteiger partial charge in [-0.1, -0.05) is 34.1 Å². The predicted octanol–water partition coefficient (Wildman–Crippen LogP) is 2.27. The van der Waals surface area contributed by atoms with Crippen molar-refractivity contribution >= 4 is 21.9 Å². The Morgan fingerprint density at radius 3 is 2.75 bits per heavy atom. The summed E-state index contributed by atoms with van der Waals surface area (Å²) in [5.74, 6) is -0.832. The summed E-state index contributed by atoms with van der Waals surface area (Å²) in [4.78, 5) is 12.9. The van der Waals surface area contributed by atoms with Crippen LogP contribution in [0.5, 0.6) is 0 Å². The van der Waals surface area contributed by atoms with Crippen molar-refractivity contribution in [1.82, 2.24) is 14.7 Å². The molecule has 0 spiro atoms. The van der Waals surface area contributed by atoms with Gasteiger partial charge in [0, 0.05) is 36.4 Å². The van der Waals surface area contributed by atoms with Gasteiger partial charge in [-0.15, -0.1) is 0 Å². The summed E-state index contributed by atoms with van der Waals surface area (Å²) in [6.45, 7) is 1.13. The third-order valence-corrected chi connectivity index (χ3v) is 3.65. The van der Waals surface area contributed by atoms with Gasteiger partial charge in [-0.2, -0.15) is 5.10 Å². The zero-order valence-electron chi connectivity index (χ0n) is 11.2. The molecule has 2 aromatic rings. The molecule has 1 heterocycles. The van der Waals surface area contributed by atoms with Gasteiger partial charge in [-0.3, -0.25) is 14.4 Å². The molecule has 2 rings (SSSR count). The zero-order valence-corrected chi connectivity index (χ0v) is 12.7. The lowest BCUT2D eigenvalue weighted by atomic mass is 10.2. The van der Waals surface area contributed by atoms with Gasteiger partial charge < -0.3 is 5.11 Å². The molecule has 1 N–H and O–H groups in total. The van der Waals surface area contributed by atoms with E-state index >= 15 is 0 Å². The average molecular weight is 338 g/mol. The molecular formula is C14H16BrN3O2. The molecule has 6 heteroatoms. The molecule has 0 bridgehead atoms. The second-order valence-electron chi connectivity index (χ2n) is 4.65. The highest BCUT2D eigenvalue weighted by Gasteiger charge is 2.13. The summed E-state index contributed by atoms with van der Waals surface area (Å²) in [6.07, 6.45) is 3.66. The van der Waals surface area contributed by atoms with Gasteiger partial charge in [-0.05, 0) is 11.6 Å². The first-order valence-electron chi connectivity index (χ1n) is 6.19. The second kappa shape index (κ2) is 6.67. The lowest BCUT2D eigenvalue weighted by Gasteiger charge is -2.20. The molecule has 0 aliphatic carbocycles. The van der Waals surface area contributed by atoms with E-state index < -0.39 is 5.97 Å². The lowest BCUT2D eigenvalue weighted by Crippen LogP contribution is -2.29. The van der Waals surface area contributed by atoms with Gasteiger partial charge in [0.2, 0.25) is 0 Å². The number of nitrogens with zero attached hydrogens (tertiary/aromatic N) is 3. The van der Waals surface area contributed by atoms with Gasteiger partial charge in [0.1, 0.15) is 0 Å². The van der Waals surface area contributed by atoms with Crippen LogP contribution < -0.4 is 0 Å². The van der Waals surface area contributed by atoms with Gasteiger partial charge in [0.25, 0.3) is 0 Å². The molecular weight excluding hydrogens is 322 g/mol. The second-order valence-corrected chi connectivity index (χ2v) is 5.51. The van der Waals surface area contributed by atoms with Crippen LogP contribution in [-0.4, -0.2) is 32.3 Å². The van der Waals surface area contributed by atoms with E-state index in [1.807, 2.05) is 42.4 Å². The zero-order chi connectivity index (χ0) is 14.5. The Bertz CT molecular complexity index is 598. The van der Waals surface area contributed by atoms with Crippen molar-refractivity contribution in [1.29, 1.82) is 0 Å². The Morgan fingerprint density at radius 2 is 2.15 bits per heavy atom. The smallest absolute Gasteiger partial charge is 0.317 e. The molecule has 0 saturated heterocycles. The van der Waals surface area contributed by atoms with Crippen molar-refractivity contribution < 1.29 is 9.90 Å². The molecule has 0 saturated carbocycles. The number of carbonyl (C=O) groups is 1. The molecule has 0 unspecified atom stereocenters. The molecule has 1 aromatic heterocycles. The van der Waals surface area contributed by atoms with Crippen LogP contribution in [0, 0.1) is 0 Å². The molecule has 20 heavy (non-hydrogen) atoms. The average Bonchev–Trinajstić information content (AvgIpc) is 2.77. The lowest BCUT2D eigenvalue weighted by molar-refractivity contribution is -0.138. The van der Waals surface area contributed by atoms with Gasteiger partial charge in [0.15, 0.2) is 0 Å². The fourth-order valence-electron chi connectivity index (χ4n) is 2.04. The molecule has 1 aromatic carbocycles. The van der Waals surface area contributed by atoms with E-state index in [0.717, 1.165) is 15.6 Å². The monoisotopic (exact) mass is 337 g/mol. The van der Waals surface area contributed by atoms with Crippen LogP contribution in [0.3, 0.4) is 0 Å². The summed E-state index contributed by atoms with van der Waals surface area (Å²) < 4.78 is 2.70. The summed E-state index contributed by atoms with van der Waals surface area (Å²) in [7, 11) is 1.85. The first kappa shape index (κ1) is 14.7. The number of carboxylic acids is 1. The van der Waals surface area contributed by atoms with E-state index in [1.54, 1.807) is 10.9 Å². The number of hydrogen-bond acceptors (Lipinski definition) is 3. The highest BCUT2D eigenvalue weighted by atomic mass is 79.9. The van der Waals surface area contributed by atoms with Crippen molar-refractivity contribution in [2.45, 2.75) is 13.1 Å². The number of benzene rings is 1. The molecule has 0 atom stereocenters. The third kappa shape index (κ3) is 4.18. The van der Waals surface area contributed by atoms with Gasteiger partial charge >= 0.3 is 5.97 Å².